The Balaban J connectivity index is 1.72. The van der Waals surface area contributed by atoms with E-state index in [1.165, 1.54) is 11.3 Å². The van der Waals surface area contributed by atoms with Crippen molar-refractivity contribution in [3.8, 4) is 22.8 Å². The molecule has 0 aliphatic heterocycles. The highest BCUT2D eigenvalue weighted by Crippen LogP contribution is 2.25. The van der Waals surface area contributed by atoms with Gasteiger partial charge in [0.05, 0.1) is 26.1 Å². The van der Waals surface area contributed by atoms with Gasteiger partial charge >= 0.3 is 0 Å². The summed E-state index contributed by atoms with van der Waals surface area (Å²) in [6.45, 7) is 0. The van der Waals surface area contributed by atoms with Gasteiger partial charge in [-0.25, -0.2) is 4.98 Å². The average Bonchev–Trinajstić information content (AvgIpc) is 3.11. The van der Waals surface area contributed by atoms with Gasteiger partial charge in [-0.05, 0) is 30.3 Å². The Kier molecular flexibility index (Phi) is 5.02. The smallest absolute Gasteiger partial charge is 0.203 e. The van der Waals surface area contributed by atoms with Crippen molar-refractivity contribution in [2.45, 2.75) is 0 Å². The molecule has 0 unspecified atom stereocenters. The number of hydrogen-bond donors (Lipinski definition) is 1. The SMILES string of the molecule is COc1ccc(OC)c(C=NNc2nc(-c3cccnc3)cs2)c1. The third-order valence-corrected chi connectivity index (χ3v) is 4.01. The predicted octanol–water partition coefficient (Wildman–Crippen LogP) is 3.67. The minimum absolute atomic E-state index is 0.701. The number of hydrogen-bond acceptors (Lipinski definition) is 7. The fourth-order valence-electron chi connectivity index (χ4n) is 2.07. The number of benzene rings is 1. The normalized spacial score (nSPS) is 10.8. The molecular weight excluding hydrogens is 324 g/mol. The van der Waals surface area contributed by atoms with Gasteiger partial charge in [0.25, 0.3) is 0 Å². The Morgan fingerprint density at radius 3 is 2.88 bits per heavy atom. The number of hydrazone groups is 1. The molecule has 2 aromatic heterocycles. The second-order valence-corrected chi connectivity index (χ2v) is 5.62. The van der Waals surface area contributed by atoms with E-state index in [1.54, 1.807) is 32.8 Å². The van der Waals surface area contributed by atoms with Crippen LogP contribution in [0.2, 0.25) is 0 Å². The summed E-state index contributed by atoms with van der Waals surface area (Å²) in [6.07, 6.45) is 5.19. The molecule has 2 heterocycles. The topological polar surface area (TPSA) is 68.6 Å². The van der Waals surface area contributed by atoms with E-state index >= 15 is 0 Å². The Morgan fingerprint density at radius 1 is 1.21 bits per heavy atom. The van der Waals surface area contributed by atoms with E-state index in [0.29, 0.717) is 5.13 Å². The molecule has 0 bridgehead atoms. The zero-order chi connectivity index (χ0) is 16.8. The summed E-state index contributed by atoms with van der Waals surface area (Å²) in [5.41, 5.74) is 5.58. The lowest BCUT2D eigenvalue weighted by Crippen LogP contribution is -1.95. The van der Waals surface area contributed by atoms with Gasteiger partial charge in [0.2, 0.25) is 5.13 Å². The number of ether oxygens (including phenoxy) is 2. The van der Waals surface area contributed by atoms with Gasteiger partial charge in [0, 0.05) is 28.9 Å². The number of rotatable bonds is 6. The first-order valence-corrected chi connectivity index (χ1v) is 8.05. The fourth-order valence-corrected chi connectivity index (χ4v) is 2.74. The third-order valence-electron chi connectivity index (χ3n) is 3.26. The van der Waals surface area contributed by atoms with Gasteiger partial charge < -0.3 is 9.47 Å². The zero-order valence-corrected chi connectivity index (χ0v) is 14.1. The van der Waals surface area contributed by atoms with Crippen molar-refractivity contribution in [1.29, 1.82) is 0 Å². The first-order chi connectivity index (χ1) is 11.8. The highest BCUT2D eigenvalue weighted by Gasteiger charge is 2.05. The summed E-state index contributed by atoms with van der Waals surface area (Å²) >= 11 is 1.48. The van der Waals surface area contributed by atoms with Gasteiger partial charge in [-0.1, -0.05) is 0 Å². The van der Waals surface area contributed by atoms with Crippen LogP contribution in [0, 0.1) is 0 Å². The van der Waals surface area contributed by atoms with Crippen LogP contribution >= 0.6 is 11.3 Å². The molecule has 1 aromatic carbocycles. The molecule has 6 nitrogen and oxygen atoms in total. The van der Waals surface area contributed by atoms with Crippen molar-refractivity contribution in [3.05, 3.63) is 53.7 Å². The van der Waals surface area contributed by atoms with Crippen LogP contribution in [0.4, 0.5) is 5.13 Å². The summed E-state index contributed by atoms with van der Waals surface area (Å²) in [5.74, 6) is 1.46. The molecular formula is C17H16N4O2S. The predicted molar refractivity (Wildman–Crippen MR) is 96.1 cm³/mol. The highest BCUT2D eigenvalue weighted by molar-refractivity contribution is 7.14. The number of aromatic nitrogens is 2. The number of anilines is 1. The Morgan fingerprint density at radius 2 is 2.12 bits per heavy atom. The maximum absolute atomic E-state index is 5.31. The van der Waals surface area contributed by atoms with Crippen molar-refractivity contribution in [1.82, 2.24) is 9.97 Å². The second kappa shape index (κ2) is 7.56. The number of nitrogens with zero attached hydrogens (tertiary/aromatic N) is 3. The zero-order valence-electron chi connectivity index (χ0n) is 13.3. The highest BCUT2D eigenvalue weighted by atomic mass is 32.1. The lowest BCUT2D eigenvalue weighted by Gasteiger charge is -2.06. The lowest BCUT2D eigenvalue weighted by atomic mass is 10.2. The molecule has 0 aliphatic rings. The van der Waals surface area contributed by atoms with Gasteiger partial charge in [0.15, 0.2) is 0 Å². The Bertz CT molecular complexity index is 834. The van der Waals surface area contributed by atoms with Gasteiger partial charge in [0.1, 0.15) is 11.5 Å². The van der Waals surface area contributed by atoms with Gasteiger partial charge in [-0.3, -0.25) is 10.4 Å². The monoisotopic (exact) mass is 340 g/mol. The molecule has 0 aliphatic carbocycles. The molecule has 24 heavy (non-hydrogen) atoms. The number of nitrogens with one attached hydrogen (secondary N) is 1. The molecule has 0 spiro atoms. The van der Waals surface area contributed by atoms with E-state index in [-0.39, 0.29) is 0 Å². The summed E-state index contributed by atoms with van der Waals surface area (Å²) in [4.78, 5) is 8.58. The van der Waals surface area contributed by atoms with E-state index in [2.05, 4.69) is 20.5 Å². The quantitative estimate of drug-likeness (QED) is 0.548. The maximum Gasteiger partial charge on any atom is 0.203 e. The molecule has 0 radical (unpaired) electrons. The summed E-state index contributed by atoms with van der Waals surface area (Å²) in [7, 11) is 3.24. The first kappa shape index (κ1) is 15.9. The standard InChI is InChI=1S/C17H16N4O2S/c1-22-14-5-6-16(23-2)13(8-14)10-19-21-17-20-15(11-24-17)12-4-3-7-18-9-12/h3-11H,1-2H3,(H,20,21). The van der Waals surface area contributed by atoms with Crippen molar-refractivity contribution < 1.29 is 9.47 Å². The van der Waals surface area contributed by atoms with Crippen LogP contribution in [-0.4, -0.2) is 30.4 Å². The van der Waals surface area contributed by atoms with Crippen LogP contribution in [0.5, 0.6) is 11.5 Å². The molecule has 0 fully saturated rings. The van der Waals surface area contributed by atoms with Crippen LogP contribution < -0.4 is 14.9 Å². The maximum atomic E-state index is 5.31. The Labute approximate surface area is 143 Å². The molecule has 122 valence electrons. The molecule has 1 N–H and O–H groups in total. The molecule has 7 heteroatoms. The van der Waals surface area contributed by atoms with Crippen molar-refractivity contribution in [3.63, 3.8) is 0 Å². The molecule has 3 aromatic rings. The van der Waals surface area contributed by atoms with Crippen molar-refractivity contribution >= 4 is 22.7 Å². The molecule has 0 saturated carbocycles. The van der Waals surface area contributed by atoms with Crippen molar-refractivity contribution in [2.75, 3.05) is 19.6 Å². The van der Waals surface area contributed by atoms with Crippen molar-refractivity contribution in [2.24, 2.45) is 5.10 Å². The summed E-state index contributed by atoms with van der Waals surface area (Å²) in [5, 5.41) is 6.88. The number of pyridine rings is 1. The first-order valence-electron chi connectivity index (χ1n) is 7.17. The number of thiazole rings is 1. The second-order valence-electron chi connectivity index (χ2n) is 4.76. The van der Waals surface area contributed by atoms with Crippen LogP contribution in [-0.2, 0) is 0 Å². The molecule has 3 rings (SSSR count). The van der Waals surface area contributed by atoms with Crippen LogP contribution in [0.25, 0.3) is 11.3 Å². The molecule has 0 atom stereocenters. The lowest BCUT2D eigenvalue weighted by molar-refractivity contribution is 0.402. The summed E-state index contributed by atoms with van der Waals surface area (Å²) in [6, 6.07) is 9.38. The minimum atomic E-state index is 0.701. The summed E-state index contributed by atoms with van der Waals surface area (Å²) < 4.78 is 10.5. The fraction of sp³-hybridized carbons (Fsp3) is 0.118. The van der Waals surface area contributed by atoms with E-state index in [9.17, 15) is 0 Å². The van der Waals surface area contributed by atoms with Crippen LogP contribution in [0.15, 0.2) is 53.2 Å². The van der Waals surface area contributed by atoms with E-state index in [0.717, 1.165) is 28.3 Å². The molecule has 0 saturated heterocycles. The van der Waals surface area contributed by atoms with Gasteiger partial charge in [-0.15, -0.1) is 11.3 Å². The largest absolute Gasteiger partial charge is 0.497 e. The van der Waals surface area contributed by atoms with Crippen LogP contribution in [0.3, 0.4) is 0 Å². The molecule has 0 amide bonds. The Hall–Kier alpha value is -2.93. The third kappa shape index (κ3) is 3.69. The van der Waals surface area contributed by atoms with Crippen LogP contribution in [0.1, 0.15) is 5.56 Å². The average molecular weight is 340 g/mol. The van der Waals surface area contributed by atoms with E-state index < -0.39 is 0 Å². The van der Waals surface area contributed by atoms with E-state index in [1.807, 2.05) is 35.7 Å². The van der Waals surface area contributed by atoms with E-state index in [4.69, 9.17) is 9.47 Å². The minimum Gasteiger partial charge on any atom is -0.497 e. The van der Waals surface area contributed by atoms with Gasteiger partial charge in [-0.2, -0.15) is 5.10 Å². The number of methoxy groups -OCH3 is 2.